The molecule has 1 spiro atoms. The number of guanidine groups is 1. The highest BCUT2D eigenvalue weighted by Gasteiger charge is 2.42. The molecule has 1 N–H and O–H groups in total. The number of likely N-dealkylation sites (tertiary alicyclic amines) is 1. The summed E-state index contributed by atoms with van der Waals surface area (Å²) in [4.78, 5) is 7.43. The number of rotatable bonds is 4. The van der Waals surface area contributed by atoms with E-state index in [1.165, 1.54) is 18.4 Å². The predicted molar refractivity (Wildman–Crippen MR) is 107 cm³/mol. The number of aliphatic imine (C=N–C) groups is 1. The Bertz CT molecular complexity index is 623. The van der Waals surface area contributed by atoms with Gasteiger partial charge in [-0.15, -0.1) is 0 Å². The Morgan fingerprint density at radius 2 is 2.16 bits per heavy atom. The van der Waals surface area contributed by atoms with Gasteiger partial charge in [-0.25, -0.2) is 0 Å². The number of hydrogen-bond donors (Lipinski definition) is 1. The predicted octanol–water partition coefficient (Wildman–Crippen LogP) is 3.80. The lowest BCUT2D eigenvalue weighted by Gasteiger charge is -2.28. The highest BCUT2D eigenvalue weighted by Crippen LogP contribution is 2.38. The molecular weight excluding hydrogens is 378 g/mol. The zero-order valence-electron chi connectivity index (χ0n) is 15.6. The summed E-state index contributed by atoms with van der Waals surface area (Å²) in [6.45, 7) is 12.3. The fourth-order valence-corrected chi connectivity index (χ4v) is 4.70. The van der Waals surface area contributed by atoms with Crippen molar-refractivity contribution in [1.29, 1.82) is 0 Å². The molecule has 0 aliphatic carbocycles. The molecule has 1 atom stereocenters. The topological polar surface area (TPSA) is 36.9 Å². The Balaban J connectivity index is 1.73. The first-order chi connectivity index (χ1) is 12.0. The van der Waals surface area contributed by atoms with Gasteiger partial charge in [0.25, 0.3) is 0 Å². The van der Waals surface area contributed by atoms with E-state index in [9.17, 15) is 0 Å². The molecule has 1 aromatic carbocycles. The van der Waals surface area contributed by atoms with E-state index >= 15 is 0 Å². The molecule has 1 aromatic rings. The van der Waals surface area contributed by atoms with Crippen LogP contribution >= 0.6 is 15.9 Å². The van der Waals surface area contributed by atoms with Gasteiger partial charge >= 0.3 is 0 Å². The molecule has 1 unspecified atom stereocenters. The van der Waals surface area contributed by atoms with Crippen molar-refractivity contribution in [2.45, 2.75) is 39.0 Å². The van der Waals surface area contributed by atoms with Gasteiger partial charge in [-0.1, -0.05) is 48.0 Å². The summed E-state index contributed by atoms with van der Waals surface area (Å²) in [5.74, 6) is 1.05. The molecule has 2 fully saturated rings. The van der Waals surface area contributed by atoms with Gasteiger partial charge in [-0.05, 0) is 31.4 Å². The van der Waals surface area contributed by atoms with Crippen molar-refractivity contribution in [2.75, 3.05) is 39.4 Å². The zero-order chi connectivity index (χ0) is 17.9. The van der Waals surface area contributed by atoms with Gasteiger partial charge in [0.1, 0.15) is 0 Å². The van der Waals surface area contributed by atoms with Crippen LogP contribution in [0.3, 0.4) is 0 Å². The summed E-state index contributed by atoms with van der Waals surface area (Å²) in [6, 6.07) is 8.45. The van der Waals surface area contributed by atoms with Crippen molar-refractivity contribution >= 4 is 21.9 Å². The Kier molecular flexibility index (Phi) is 5.74. The maximum absolute atomic E-state index is 5.66. The van der Waals surface area contributed by atoms with Crippen LogP contribution in [-0.2, 0) is 10.2 Å². The van der Waals surface area contributed by atoms with E-state index in [0.717, 1.165) is 49.8 Å². The van der Waals surface area contributed by atoms with E-state index < -0.39 is 0 Å². The SMILES string of the molecule is CCNC(=NCC(C)(C)c1ccccc1Br)N1CCC2(CCOC2)C1. The van der Waals surface area contributed by atoms with Crippen LogP contribution < -0.4 is 5.32 Å². The maximum atomic E-state index is 5.66. The Morgan fingerprint density at radius 3 is 2.84 bits per heavy atom. The lowest BCUT2D eigenvalue weighted by atomic mass is 9.85. The number of ether oxygens (including phenoxy) is 1. The summed E-state index contributed by atoms with van der Waals surface area (Å²) in [7, 11) is 0. The van der Waals surface area contributed by atoms with Gasteiger partial charge in [-0.3, -0.25) is 4.99 Å². The van der Waals surface area contributed by atoms with E-state index in [2.05, 4.69) is 71.2 Å². The molecule has 0 saturated carbocycles. The molecule has 2 aliphatic rings. The average molecular weight is 408 g/mol. The Morgan fingerprint density at radius 1 is 1.36 bits per heavy atom. The average Bonchev–Trinajstić information content (AvgIpc) is 3.22. The minimum atomic E-state index is -0.0192. The van der Waals surface area contributed by atoms with Gasteiger partial charge in [0.05, 0.1) is 13.2 Å². The van der Waals surface area contributed by atoms with Crippen molar-refractivity contribution in [3.05, 3.63) is 34.3 Å². The van der Waals surface area contributed by atoms with E-state index in [-0.39, 0.29) is 5.41 Å². The molecule has 0 radical (unpaired) electrons. The summed E-state index contributed by atoms with van der Waals surface area (Å²) < 4.78 is 6.82. The second-order valence-corrected chi connectivity index (χ2v) is 8.86. The minimum absolute atomic E-state index is 0.0192. The molecule has 2 aliphatic heterocycles. The first-order valence-corrected chi connectivity index (χ1v) is 10.1. The lowest BCUT2D eigenvalue weighted by Crippen LogP contribution is -2.42. The van der Waals surface area contributed by atoms with Gasteiger partial charge in [0.15, 0.2) is 5.96 Å². The number of nitrogens with zero attached hydrogens (tertiary/aromatic N) is 2. The number of benzene rings is 1. The zero-order valence-corrected chi connectivity index (χ0v) is 17.2. The second kappa shape index (κ2) is 7.67. The van der Waals surface area contributed by atoms with Crippen LogP contribution in [0.25, 0.3) is 0 Å². The van der Waals surface area contributed by atoms with Crippen LogP contribution in [0.5, 0.6) is 0 Å². The number of nitrogens with one attached hydrogen (secondary N) is 1. The molecule has 0 aromatic heterocycles. The van der Waals surface area contributed by atoms with E-state index in [1.54, 1.807) is 0 Å². The third-order valence-corrected chi connectivity index (χ3v) is 6.18. The van der Waals surface area contributed by atoms with Crippen LogP contribution in [0, 0.1) is 5.41 Å². The van der Waals surface area contributed by atoms with Crippen LogP contribution in [0.1, 0.15) is 39.2 Å². The monoisotopic (exact) mass is 407 g/mol. The van der Waals surface area contributed by atoms with E-state index in [1.807, 2.05) is 0 Å². The first-order valence-electron chi connectivity index (χ1n) is 9.32. The maximum Gasteiger partial charge on any atom is 0.193 e. The van der Waals surface area contributed by atoms with Crippen molar-refractivity contribution in [2.24, 2.45) is 10.4 Å². The molecule has 0 bridgehead atoms. The third-order valence-electron chi connectivity index (χ3n) is 5.48. The number of hydrogen-bond acceptors (Lipinski definition) is 2. The molecule has 25 heavy (non-hydrogen) atoms. The number of halogens is 1. The van der Waals surface area contributed by atoms with Crippen LogP contribution in [-0.4, -0.2) is 50.3 Å². The largest absolute Gasteiger partial charge is 0.381 e. The summed E-state index contributed by atoms with van der Waals surface area (Å²) >= 11 is 3.69. The van der Waals surface area contributed by atoms with E-state index in [0.29, 0.717) is 5.41 Å². The highest BCUT2D eigenvalue weighted by molar-refractivity contribution is 9.10. The molecule has 2 saturated heterocycles. The normalized spacial score (nSPS) is 24.3. The molecule has 4 nitrogen and oxygen atoms in total. The van der Waals surface area contributed by atoms with E-state index in [4.69, 9.17) is 9.73 Å². The smallest absolute Gasteiger partial charge is 0.193 e. The van der Waals surface area contributed by atoms with Crippen molar-refractivity contribution in [3.8, 4) is 0 Å². The lowest BCUT2D eigenvalue weighted by molar-refractivity contribution is 0.156. The molecule has 2 heterocycles. The van der Waals surface area contributed by atoms with Crippen LogP contribution in [0.4, 0.5) is 0 Å². The Hall–Kier alpha value is -1.07. The molecule has 3 rings (SSSR count). The first kappa shape index (κ1) is 18.7. The quantitative estimate of drug-likeness (QED) is 0.608. The van der Waals surface area contributed by atoms with Crippen molar-refractivity contribution < 1.29 is 4.74 Å². The fourth-order valence-electron chi connectivity index (χ4n) is 3.88. The molecule has 0 amide bonds. The summed E-state index contributed by atoms with van der Waals surface area (Å²) in [5.41, 5.74) is 1.64. The standard InChI is InChI=1S/C20H30BrN3O/c1-4-22-18(24-11-9-20(14-24)10-12-25-15-20)23-13-19(2,3)16-7-5-6-8-17(16)21/h5-8H,4,9-15H2,1-3H3,(H,22,23). The Labute approximate surface area is 160 Å². The third kappa shape index (κ3) is 4.20. The minimum Gasteiger partial charge on any atom is -0.381 e. The van der Waals surface area contributed by atoms with Gasteiger partial charge < -0.3 is 15.0 Å². The van der Waals surface area contributed by atoms with Crippen molar-refractivity contribution in [1.82, 2.24) is 10.2 Å². The molecular formula is C20H30BrN3O. The fraction of sp³-hybridized carbons (Fsp3) is 0.650. The molecule has 138 valence electrons. The van der Waals surface area contributed by atoms with Gasteiger partial charge in [0, 0.05) is 41.5 Å². The second-order valence-electron chi connectivity index (χ2n) is 8.01. The molecule has 5 heteroatoms. The van der Waals surface area contributed by atoms with Gasteiger partial charge in [0.2, 0.25) is 0 Å². The highest BCUT2D eigenvalue weighted by atomic mass is 79.9. The summed E-state index contributed by atoms with van der Waals surface area (Å²) in [5, 5.41) is 3.49. The van der Waals surface area contributed by atoms with Crippen LogP contribution in [0.2, 0.25) is 0 Å². The summed E-state index contributed by atoms with van der Waals surface area (Å²) in [6.07, 6.45) is 2.40. The van der Waals surface area contributed by atoms with Gasteiger partial charge in [-0.2, -0.15) is 0 Å². The van der Waals surface area contributed by atoms with Crippen molar-refractivity contribution in [3.63, 3.8) is 0 Å². The van der Waals surface area contributed by atoms with Crippen LogP contribution in [0.15, 0.2) is 33.7 Å².